The summed E-state index contributed by atoms with van der Waals surface area (Å²) < 4.78 is 5.36. The van der Waals surface area contributed by atoms with Gasteiger partial charge in [-0.2, -0.15) is 0 Å². The van der Waals surface area contributed by atoms with Gasteiger partial charge in [0.2, 0.25) is 5.91 Å². The molecule has 1 atom stereocenters. The number of benzene rings is 2. The molecule has 0 saturated carbocycles. The lowest BCUT2D eigenvalue weighted by atomic mass is 9.98. The molecule has 0 aliphatic heterocycles. The Hall–Kier alpha value is -3.02. The van der Waals surface area contributed by atoms with Crippen molar-refractivity contribution >= 4 is 11.9 Å². The van der Waals surface area contributed by atoms with Gasteiger partial charge in [0.15, 0.2) is 0 Å². The SMILES string of the molecule is COc1ccc(C)cc1CCNC(=O)CC(NC(N)=O)c1ccccc1C. The van der Waals surface area contributed by atoms with Crippen molar-refractivity contribution in [1.82, 2.24) is 10.6 Å². The van der Waals surface area contributed by atoms with E-state index in [1.165, 1.54) is 0 Å². The average Bonchev–Trinajstić information content (AvgIpc) is 2.61. The van der Waals surface area contributed by atoms with Crippen LogP contribution >= 0.6 is 0 Å². The summed E-state index contributed by atoms with van der Waals surface area (Å²) >= 11 is 0. The minimum absolute atomic E-state index is 0.124. The lowest BCUT2D eigenvalue weighted by molar-refractivity contribution is -0.121. The molecule has 0 bridgehead atoms. The number of nitrogens with one attached hydrogen (secondary N) is 2. The molecular formula is C21H27N3O3. The Morgan fingerprint density at radius 2 is 1.89 bits per heavy atom. The molecule has 0 spiro atoms. The third-order valence-corrected chi connectivity index (χ3v) is 4.42. The van der Waals surface area contributed by atoms with Crippen LogP contribution in [0.4, 0.5) is 4.79 Å². The van der Waals surface area contributed by atoms with E-state index in [1.54, 1.807) is 7.11 Å². The number of carbonyl (C=O) groups excluding carboxylic acids is 2. The van der Waals surface area contributed by atoms with Crippen molar-refractivity contribution in [2.45, 2.75) is 32.7 Å². The fourth-order valence-electron chi connectivity index (χ4n) is 3.09. The van der Waals surface area contributed by atoms with Crippen molar-refractivity contribution in [3.8, 4) is 5.75 Å². The van der Waals surface area contributed by atoms with E-state index < -0.39 is 12.1 Å². The summed E-state index contributed by atoms with van der Waals surface area (Å²) in [6, 6.07) is 12.5. The number of carbonyl (C=O) groups is 2. The van der Waals surface area contributed by atoms with Crippen LogP contribution in [0.1, 0.15) is 34.7 Å². The number of ether oxygens (including phenoxy) is 1. The highest BCUT2D eigenvalue weighted by molar-refractivity contribution is 5.79. The van der Waals surface area contributed by atoms with E-state index >= 15 is 0 Å². The molecule has 0 aliphatic rings. The summed E-state index contributed by atoms with van der Waals surface area (Å²) in [5.41, 5.74) is 9.34. The van der Waals surface area contributed by atoms with Crippen molar-refractivity contribution in [1.29, 1.82) is 0 Å². The Bertz CT molecular complexity index is 805. The van der Waals surface area contributed by atoms with Crippen LogP contribution in [0.3, 0.4) is 0 Å². The highest BCUT2D eigenvalue weighted by atomic mass is 16.5. The van der Waals surface area contributed by atoms with Crippen molar-refractivity contribution in [2.24, 2.45) is 5.73 Å². The van der Waals surface area contributed by atoms with Crippen molar-refractivity contribution in [3.05, 3.63) is 64.7 Å². The zero-order valence-corrected chi connectivity index (χ0v) is 16.0. The van der Waals surface area contributed by atoms with Gasteiger partial charge in [0.1, 0.15) is 5.75 Å². The van der Waals surface area contributed by atoms with Crippen molar-refractivity contribution in [2.75, 3.05) is 13.7 Å². The molecule has 27 heavy (non-hydrogen) atoms. The van der Waals surface area contributed by atoms with Crippen LogP contribution in [0.5, 0.6) is 5.75 Å². The molecule has 6 nitrogen and oxygen atoms in total. The van der Waals surface area contributed by atoms with E-state index in [0.29, 0.717) is 13.0 Å². The van der Waals surface area contributed by atoms with Gasteiger partial charge in [0.05, 0.1) is 19.6 Å². The summed E-state index contributed by atoms with van der Waals surface area (Å²) in [5.74, 6) is 0.659. The molecule has 2 aromatic rings. The smallest absolute Gasteiger partial charge is 0.312 e. The second-order valence-corrected chi connectivity index (χ2v) is 6.54. The van der Waals surface area contributed by atoms with Crippen molar-refractivity contribution in [3.63, 3.8) is 0 Å². The van der Waals surface area contributed by atoms with E-state index in [2.05, 4.69) is 16.7 Å². The minimum atomic E-state index is -0.652. The van der Waals surface area contributed by atoms with Gasteiger partial charge >= 0.3 is 6.03 Å². The summed E-state index contributed by atoms with van der Waals surface area (Å²) in [7, 11) is 1.63. The number of hydrogen-bond donors (Lipinski definition) is 3. The quantitative estimate of drug-likeness (QED) is 0.668. The van der Waals surface area contributed by atoms with E-state index in [0.717, 1.165) is 28.0 Å². The van der Waals surface area contributed by atoms with Gasteiger partial charge in [0.25, 0.3) is 0 Å². The number of primary amides is 1. The first-order valence-electron chi connectivity index (χ1n) is 8.92. The van der Waals surface area contributed by atoms with Gasteiger partial charge in [-0.3, -0.25) is 4.79 Å². The normalized spacial score (nSPS) is 11.5. The second-order valence-electron chi connectivity index (χ2n) is 6.54. The molecule has 1 unspecified atom stereocenters. The van der Waals surface area contributed by atoms with Crippen LogP contribution in [0.2, 0.25) is 0 Å². The topological polar surface area (TPSA) is 93.4 Å². The Kier molecular flexibility index (Phi) is 7.23. The predicted molar refractivity (Wildman–Crippen MR) is 106 cm³/mol. The molecule has 6 heteroatoms. The Morgan fingerprint density at radius 1 is 1.15 bits per heavy atom. The van der Waals surface area contributed by atoms with Gasteiger partial charge in [-0.25, -0.2) is 4.79 Å². The van der Waals surface area contributed by atoms with E-state index in [4.69, 9.17) is 10.5 Å². The standard InChI is InChI=1S/C21H27N3O3/c1-14-8-9-19(27-3)16(12-14)10-11-23-20(25)13-18(24-21(22)26)17-7-5-4-6-15(17)2/h4-9,12,18H,10-11,13H2,1-3H3,(H,23,25)(H3,22,24,26). The summed E-state index contributed by atoms with van der Waals surface area (Å²) in [4.78, 5) is 23.7. The molecule has 0 saturated heterocycles. The maximum atomic E-state index is 12.4. The predicted octanol–water partition coefficient (Wildman–Crippen LogP) is 2.77. The lowest BCUT2D eigenvalue weighted by Gasteiger charge is -2.19. The van der Waals surface area contributed by atoms with Crippen LogP contribution in [0, 0.1) is 13.8 Å². The van der Waals surface area contributed by atoms with Gasteiger partial charge in [0, 0.05) is 6.54 Å². The molecule has 0 radical (unpaired) electrons. The number of nitrogens with two attached hydrogens (primary N) is 1. The molecule has 0 aromatic heterocycles. The minimum Gasteiger partial charge on any atom is -0.496 e. The first-order chi connectivity index (χ1) is 12.9. The first-order valence-corrected chi connectivity index (χ1v) is 8.92. The number of rotatable bonds is 8. The second kappa shape index (κ2) is 9.62. The van der Waals surface area contributed by atoms with E-state index in [-0.39, 0.29) is 12.3 Å². The average molecular weight is 369 g/mol. The number of amides is 3. The Morgan fingerprint density at radius 3 is 2.56 bits per heavy atom. The molecule has 0 heterocycles. The van der Waals surface area contributed by atoms with Crippen LogP contribution in [0.25, 0.3) is 0 Å². The molecular weight excluding hydrogens is 342 g/mol. The highest BCUT2D eigenvalue weighted by Gasteiger charge is 2.19. The summed E-state index contributed by atoms with van der Waals surface area (Å²) in [6.45, 7) is 4.44. The first kappa shape index (κ1) is 20.3. The largest absolute Gasteiger partial charge is 0.496 e. The zero-order chi connectivity index (χ0) is 19.8. The van der Waals surface area contributed by atoms with E-state index in [9.17, 15) is 9.59 Å². The number of aryl methyl sites for hydroxylation is 2. The monoisotopic (exact) mass is 369 g/mol. The van der Waals surface area contributed by atoms with Crippen LogP contribution < -0.4 is 21.1 Å². The number of hydrogen-bond acceptors (Lipinski definition) is 3. The number of urea groups is 1. The van der Waals surface area contributed by atoms with Crippen LogP contribution in [-0.2, 0) is 11.2 Å². The van der Waals surface area contributed by atoms with Gasteiger partial charge in [-0.15, -0.1) is 0 Å². The summed E-state index contributed by atoms with van der Waals surface area (Å²) in [5, 5.41) is 5.57. The maximum absolute atomic E-state index is 12.4. The highest BCUT2D eigenvalue weighted by Crippen LogP contribution is 2.21. The Balaban J connectivity index is 1.97. The van der Waals surface area contributed by atoms with Crippen LogP contribution in [0.15, 0.2) is 42.5 Å². The fourth-order valence-corrected chi connectivity index (χ4v) is 3.09. The molecule has 2 rings (SSSR count). The van der Waals surface area contributed by atoms with Crippen molar-refractivity contribution < 1.29 is 14.3 Å². The third kappa shape index (κ3) is 6.02. The van der Waals surface area contributed by atoms with Crippen LogP contribution in [-0.4, -0.2) is 25.6 Å². The molecule has 3 amide bonds. The van der Waals surface area contributed by atoms with Gasteiger partial charge < -0.3 is 21.1 Å². The van der Waals surface area contributed by atoms with Gasteiger partial charge in [-0.05, 0) is 43.0 Å². The van der Waals surface area contributed by atoms with E-state index in [1.807, 2.05) is 50.2 Å². The molecule has 0 aliphatic carbocycles. The number of methoxy groups -OCH3 is 1. The fraction of sp³-hybridized carbons (Fsp3) is 0.333. The molecule has 4 N–H and O–H groups in total. The molecule has 144 valence electrons. The maximum Gasteiger partial charge on any atom is 0.312 e. The molecule has 2 aromatic carbocycles. The molecule has 0 fully saturated rings. The Labute approximate surface area is 160 Å². The summed E-state index contributed by atoms with van der Waals surface area (Å²) in [6.07, 6.45) is 0.785. The zero-order valence-electron chi connectivity index (χ0n) is 16.0. The third-order valence-electron chi connectivity index (χ3n) is 4.42. The van der Waals surface area contributed by atoms with Gasteiger partial charge in [-0.1, -0.05) is 42.0 Å². The lowest BCUT2D eigenvalue weighted by Crippen LogP contribution is -2.37.